The van der Waals surface area contributed by atoms with Gasteiger partial charge in [-0.1, -0.05) is 0 Å². The number of nitrogens with one attached hydrogen (secondary N) is 1. The zero-order valence-electron chi connectivity index (χ0n) is 18.3. The van der Waals surface area contributed by atoms with Crippen LogP contribution in [0.25, 0.3) is 0 Å². The Morgan fingerprint density at radius 1 is 1.09 bits per heavy atom. The first kappa shape index (κ1) is 24.4. The Hall–Kier alpha value is -3.22. The molecule has 12 heteroatoms. The molecular formula is C21H25N3O8S. The molecule has 1 N–H and O–H groups in total. The van der Waals surface area contributed by atoms with Crippen LogP contribution >= 0.6 is 0 Å². The summed E-state index contributed by atoms with van der Waals surface area (Å²) in [5.74, 6) is -0.498. The molecule has 2 aromatic rings. The lowest BCUT2D eigenvalue weighted by molar-refractivity contribution is -0.385. The molecule has 0 unspecified atom stereocenters. The normalized spacial score (nSPS) is 14.1. The van der Waals surface area contributed by atoms with Crippen molar-refractivity contribution in [1.82, 2.24) is 4.31 Å². The zero-order chi connectivity index (χ0) is 24.0. The molecule has 0 radical (unpaired) electrons. The van der Waals surface area contributed by atoms with Crippen LogP contribution < -0.4 is 14.8 Å². The second kappa shape index (κ2) is 10.6. The molecule has 0 aromatic heterocycles. The van der Waals surface area contributed by atoms with E-state index >= 15 is 0 Å². The summed E-state index contributed by atoms with van der Waals surface area (Å²) in [5.41, 5.74) is -0.410. The topological polar surface area (TPSA) is 137 Å². The minimum atomic E-state index is -3.59. The number of hydrogen-bond acceptors (Lipinski definition) is 8. The lowest BCUT2D eigenvalue weighted by Crippen LogP contribution is -2.27. The van der Waals surface area contributed by atoms with E-state index in [1.54, 1.807) is 0 Å². The highest BCUT2D eigenvalue weighted by Crippen LogP contribution is 2.35. The molecule has 1 heterocycles. The number of nitro groups is 1. The number of nitro benzene ring substituents is 1. The van der Waals surface area contributed by atoms with Gasteiger partial charge in [0, 0.05) is 32.0 Å². The van der Waals surface area contributed by atoms with Crippen molar-refractivity contribution in [3.8, 4) is 11.5 Å². The van der Waals surface area contributed by atoms with Crippen molar-refractivity contribution in [3.63, 3.8) is 0 Å². The van der Waals surface area contributed by atoms with Crippen LogP contribution in [0, 0.1) is 10.1 Å². The first-order valence-corrected chi connectivity index (χ1v) is 11.6. The molecular weight excluding hydrogens is 454 g/mol. The second-order valence-corrected chi connectivity index (χ2v) is 9.15. The van der Waals surface area contributed by atoms with Gasteiger partial charge in [-0.3, -0.25) is 14.9 Å². The van der Waals surface area contributed by atoms with Gasteiger partial charge in [0.1, 0.15) is 12.2 Å². The third-order valence-corrected chi connectivity index (χ3v) is 7.00. The van der Waals surface area contributed by atoms with E-state index in [2.05, 4.69) is 5.32 Å². The van der Waals surface area contributed by atoms with Crippen molar-refractivity contribution in [2.75, 3.05) is 45.8 Å². The maximum atomic E-state index is 12.8. The molecule has 1 saturated heterocycles. The number of ether oxygens (including phenoxy) is 3. The fourth-order valence-corrected chi connectivity index (χ4v) is 4.89. The molecule has 0 saturated carbocycles. The number of benzene rings is 2. The van der Waals surface area contributed by atoms with E-state index in [4.69, 9.17) is 14.2 Å². The minimum absolute atomic E-state index is 0.106. The number of methoxy groups -OCH3 is 2. The minimum Gasteiger partial charge on any atom is -0.493 e. The molecule has 11 nitrogen and oxygen atoms in total. The fourth-order valence-electron chi connectivity index (χ4n) is 3.38. The summed E-state index contributed by atoms with van der Waals surface area (Å²) in [6.07, 6.45) is 1.65. The van der Waals surface area contributed by atoms with Gasteiger partial charge in [-0.15, -0.1) is 0 Å². The van der Waals surface area contributed by atoms with E-state index in [1.165, 1.54) is 48.9 Å². The van der Waals surface area contributed by atoms with Gasteiger partial charge in [0.2, 0.25) is 10.0 Å². The highest BCUT2D eigenvalue weighted by molar-refractivity contribution is 7.89. The molecule has 1 amide bonds. The third kappa shape index (κ3) is 5.59. The van der Waals surface area contributed by atoms with Crippen molar-refractivity contribution in [3.05, 3.63) is 52.1 Å². The van der Waals surface area contributed by atoms with Crippen LogP contribution in [-0.4, -0.2) is 64.1 Å². The lowest BCUT2D eigenvalue weighted by atomic mass is 10.1. The molecule has 1 fully saturated rings. The largest absolute Gasteiger partial charge is 0.493 e. The summed E-state index contributed by atoms with van der Waals surface area (Å²) in [4.78, 5) is 23.8. The van der Waals surface area contributed by atoms with Gasteiger partial charge in [0.25, 0.3) is 11.6 Å². The molecule has 1 aliphatic heterocycles. The molecule has 3 rings (SSSR count). The molecule has 0 spiro atoms. The maximum Gasteiger partial charge on any atom is 0.286 e. The Kier molecular flexibility index (Phi) is 7.84. The van der Waals surface area contributed by atoms with Crippen molar-refractivity contribution in [1.29, 1.82) is 0 Å². The van der Waals surface area contributed by atoms with Crippen molar-refractivity contribution in [2.24, 2.45) is 0 Å². The quantitative estimate of drug-likeness (QED) is 0.312. The number of rotatable bonds is 10. The van der Waals surface area contributed by atoms with Crippen LogP contribution in [0.1, 0.15) is 23.2 Å². The van der Waals surface area contributed by atoms with Crippen LogP contribution in [0.4, 0.5) is 11.4 Å². The average molecular weight is 480 g/mol. The standard InChI is InChI=1S/C21H25N3O8S/c1-30-11-12-32-20-14-18(24(26)27)17(13-19(20)31-2)21(25)22-15-5-7-16(8-6-15)33(28,29)23-9-3-4-10-23/h5-8,13-14H,3-4,9-12H2,1-2H3,(H,22,25). The number of carbonyl (C=O) groups excluding carboxylic acids is 1. The predicted molar refractivity (Wildman–Crippen MR) is 119 cm³/mol. The first-order valence-electron chi connectivity index (χ1n) is 10.2. The number of carbonyl (C=O) groups is 1. The van der Waals surface area contributed by atoms with Crippen molar-refractivity contribution in [2.45, 2.75) is 17.7 Å². The Morgan fingerprint density at radius 2 is 1.76 bits per heavy atom. The molecule has 0 aliphatic carbocycles. The Bertz CT molecular complexity index is 1110. The van der Waals surface area contributed by atoms with Crippen LogP contribution in [-0.2, 0) is 14.8 Å². The van der Waals surface area contributed by atoms with Crippen molar-refractivity contribution >= 4 is 27.3 Å². The molecule has 2 aromatic carbocycles. The van der Waals surface area contributed by atoms with E-state index in [-0.39, 0.29) is 40.9 Å². The molecule has 33 heavy (non-hydrogen) atoms. The van der Waals surface area contributed by atoms with Crippen LogP contribution in [0.5, 0.6) is 11.5 Å². The summed E-state index contributed by atoms with van der Waals surface area (Å²) >= 11 is 0. The molecule has 178 valence electrons. The van der Waals surface area contributed by atoms with Gasteiger partial charge < -0.3 is 19.5 Å². The molecule has 0 atom stereocenters. The van der Waals surface area contributed by atoms with Gasteiger partial charge in [-0.25, -0.2) is 8.42 Å². The lowest BCUT2D eigenvalue weighted by Gasteiger charge is -2.16. The average Bonchev–Trinajstić information content (AvgIpc) is 3.35. The van der Waals surface area contributed by atoms with Crippen molar-refractivity contribution < 1.29 is 32.3 Å². The summed E-state index contributed by atoms with van der Waals surface area (Å²) in [7, 11) is -0.742. The summed E-state index contributed by atoms with van der Waals surface area (Å²) in [5, 5.41) is 14.1. The van der Waals surface area contributed by atoms with Gasteiger partial charge in [-0.2, -0.15) is 4.31 Å². The third-order valence-electron chi connectivity index (χ3n) is 5.08. The Morgan fingerprint density at radius 3 is 2.33 bits per heavy atom. The van der Waals surface area contributed by atoms with Crippen LogP contribution in [0.2, 0.25) is 0 Å². The van der Waals surface area contributed by atoms with Gasteiger partial charge >= 0.3 is 0 Å². The first-order chi connectivity index (χ1) is 15.8. The maximum absolute atomic E-state index is 12.8. The second-order valence-electron chi connectivity index (χ2n) is 7.21. The SMILES string of the molecule is COCCOc1cc([N+](=O)[O-])c(C(=O)Nc2ccc(S(=O)(=O)N3CCCC3)cc2)cc1OC. The van der Waals surface area contributed by atoms with E-state index in [0.717, 1.165) is 18.9 Å². The fraction of sp³-hybridized carbons (Fsp3) is 0.381. The summed E-state index contributed by atoms with van der Waals surface area (Å²) < 4.78 is 42.3. The monoisotopic (exact) mass is 479 g/mol. The summed E-state index contributed by atoms with van der Waals surface area (Å²) in [6, 6.07) is 8.01. The number of amides is 1. The van der Waals surface area contributed by atoms with Crippen LogP contribution in [0.15, 0.2) is 41.3 Å². The highest BCUT2D eigenvalue weighted by atomic mass is 32.2. The Labute approximate surface area is 191 Å². The Balaban J connectivity index is 1.82. The number of nitrogens with zero attached hydrogens (tertiary/aromatic N) is 2. The number of hydrogen-bond donors (Lipinski definition) is 1. The zero-order valence-corrected chi connectivity index (χ0v) is 19.1. The van der Waals surface area contributed by atoms with Gasteiger partial charge in [0.15, 0.2) is 11.5 Å². The number of anilines is 1. The van der Waals surface area contributed by atoms with E-state index in [9.17, 15) is 23.3 Å². The smallest absolute Gasteiger partial charge is 0.286 e. The molecule has 0 bridgehead atoms. The van der Waals surface area contributed by atoms with E-state index in [0.29, 0.717) is 13.1 Å². The van der Waals surface area contributed by atoms with Gasteiger partial charge in [0.05, 0.1) is 29.6 Å². The predicted octanol–water partition coefficient (Wildman–Crippen LogP) is 2.67. The van der Waals surface area contributed by atoms with E-state index < -0.39 is 26.5 Å². The molecule has 1 aliphatic rings. The van der Waals surface area contributed by atoms with E-state index in [1.807, 2.05) is 0 Å². The van der Waals surface area contributed by atoms with Crippen LogP contribution in [0.3, 0.4) is 0 Å². The summed E-state index contributed by atoms with van der Waals surface area (Å²) in [6.45, 7) is 1.37. The highest BCUT2D eigenvalue weighted by Gasteiger charge is 2.28. The number of sulfonamides is 1. The van der Waals surface area contributed by atoms with Gasteiger partial charge in [-0.05, 0) is 37.1 Å².